The first-order chi connectivity index (χ1) is 26.1. The van der Waals surface area contributed by atoms with Gasteiger partial charge in [-0.15, -0.1) is 0 Å². The summed E-state index contributed by atoms with van der Waals surface area (Å²) in [5.41, 5.74) is 0. The minimum atomic E-state index is -3.62. The van der Waals surface area contributed by atoms with Gasteiger partial charge in [-0.1, -0.05) is 168 Å². The molecule has 2 aliphatic rings. The Morgan fingerprint density at radius 3 is 1.39 bits per heavy atom. The summed E-state index contributed by atoms with van der Waals surface area (Å²) in [5.74, 6) is -1.29. The van der Waals surface area contributed by atoms with Crippen LogP contribution >= 0.6 is 0 Å². The lowest BCUT2D eigenvalue weighted by molar-refractivity contribution is -0.127. The lowest BCUT2D eigenvalue weighted by Gasteiger charge is -2.31. The van der Waals surface area contributed by atoms with Crippen molar-refractivity contribution in [2.24, 2.45) is 5.92 Å². The summed E-state index contributed by atoms with van der Waals surface area (Å²) < 4.78 is 58.0. The molecule has 2 amide bonds. The Kier molecular flexibility index (Phi) is 27.1. The largest absolute Gasteiger partial charge is 0.356 e. The summed E-state index contributed by atoms with van der Waals surface area (Å²) in [7, 11) is -7.18. The van der Waals surface area contributed by atoms with E-state index in [0.29, 0.717) is 45.1 Å². The van der Waals surface area contributed by atoms with E-state index in [4.69, 9.17) is 0 Å². The first kappa shape index (κ1) is 48.9. The molecule has 0 aromatic carbocycles. The smallest absolute Gasteiger partial charge is 0.226 e. The van der Waals surface area contributed by atoms with Gasteiger partial charge in [-0.25, -0.2) is 26.3 Å². The molecule has 54 heavy (non-hydrogen) atoms. The number of nitrogens with one attached hydrogen (secondary N) is 4. The van der Waals surface area contributed by atoms with E-state index >= 15 is 0 Å². The van der Waals surface area contributed by atoms with Gasteiger partial charge in [0.25, 0.3) is 0 Å². The van der Waals surface area contributed by atoms with Crippen molar-refractivity contribution in [3.05, 3.63) is 0 Å². The molecule has 4 N–H and O–H groups in total. The highest BCUT2D eigenvalue weighted by Gasteiger charge is 2.41. The van der Waals surface area contributed by atoms with E-state index in [2.05, 4.69) is 33.9 Å². The molecule has 2 heterocycles. The molecule has 10 nitrogen and oxygen atoms in total. The van der Waals surface area contributed by atoms with Gasteiger partial charge in [-0.3, -0.25) is 9.59 Å². The van der Waals surface area contributed by atoms with Gasteiger partial charge in [-0.05, 0) is 38.5 Å². The fraction of sp³-hybridized carbons (Fsp3) is 0.952. The third kappa shape index (κ3) is 23.7. The molecule has 2 saturated heterocycles. The second-order valence-corrected chi connectivity index (χ2v) is 20.3. The first-order valence-corrected chi connectivity index (χ1v) is 25.9. The van der Waals surface area contributed by atoms with Gasteiger partial charge in [0, 0.05) is 31.1 Å². The van der Waals surface area contributed by atoms with Gasteiger partial charge < -0.3 is 10.6 Å². The van der Waals surface area contributed by atoms with Crippen LogP contribution < -0.4 is 20.1 Å². The van der Waals surface area contributed by atoms with Crippen molar-refractivity contribution in [1.29, 1.82) is 0 Å². The number of rotatable bonds is 33. The van der Waals surface area contributed by atoms with E-state index in [0.717, 1.165) is 38.5 Å². The second-order valence-electron chi connectivity index (χ2n) is 16.6. The molecule has 0 aliphatic carbocycles. The zero-order valence-corrected chi connectivity index (χ0v) is 36.3. The Morgan fingerprint density at radius 1 is 0.537 bits per heavy atom. The molecule has 2 rings (SSSR count). The third-order valence-corrected chi connectivity index (χ3v) is 14.5. The van der Waals surface area contributed by atoms with Crippen LogP contribution in [0, 0.1) is 5.92 Å². The molecule has 0 bridgehead atoms. The van der Waals surface area contributed by atoms with Crippen LogP contribution in [0.5, 0.6) is 0 Å². The highest BCUT2D eigenvalue weighted by atomic mass is 32.2. The number of hydrogen-bond acceptors (Lipinski definition) is 6. The summed E-state index contributed by atoms with van der Waals surface area (Å²) in [4.78, 5) is 26.4. The topological polar surface area (TPSA) is 151 Å². The van der Waals surface area contributed by atoms with Gasteiger partial charge >= 0.3 is 0 Å². The summed E-state index contributed by atoms with van der Waals surface area (Å²) in [6, 6.07) is -1.77. The van der Waals surface area contributed by atoms with Gasteiger partial charge in [0.15, 0.2) is 0 Å². The summed E-state index contributed by atoms with van der Waals surface area (Å²) in [5, 5.41) is 5.87. The minimum absolute atomic E-state index is 0.00182. The Balaban J connectivity index is 1.71. The molecule has 4 atom stereocenters. The van der Waals surface area contributed by atoms with Crippen LogP contribution in [-0.4, -0.2) is 64.8 Å². The summed E-state index contributed by atoms with van der Waals surface area (Å²) in [6.07, 6.45) is 32.6. The average Bonchev–Trinajstić information content (AvgIpc) is 3.41. The molecule has 0 aromatic rings. The molecule has 0 radical (unpaired) electrons. The number of amides is 2. The maximum Gasteiger partial charge on any atom is 0.226 e. The number of carbonyl (C=O) groups excluding carboxylic acids is 2. The monoisotopic (exact) mass is 803 g/mol. The molecule has 0 saturated carbocycles. The highest BCUT2D eigenvalue weighted by Crippen LogP contribution is 2.25. The molecule has 2 aliphatic heterocycles. The van der Waals surface area contributed by atoms with Gasteiger partial charge in [0.05, 0.1) is 17.4 Å². The van der Waals surface area contributed by atoms with E-state index in [1.54, 1.807) is 0 Å². The number of unbranched alkanes of at least 4 members (excludes halogenated alkanes) is 24. The van der Waals surface area contributed by atoms with E-state index in [1.807, 2.05) is 0 Å². The summed E-state index contributed by atoms with van der Waals surface area (Å²) in [6.45, 7) is 4.94. The van der Waals surface area contributed by atoms with Crippen LogP contribution in [0.15, 0.2) is 0 Å². The Morgan fingerprint density at radius 2 is 0.944 bits per heavy atom. The molecule has 12 heteroatoms. The van der Waals surface area contributed by atoms with E-state index in [9.17, 15) is 26.4 Å². The number of sulfonamides is 2. The Hall–Kier alpha value is -1.24. The van der Waals surface area contributed by atoms with Crippen LogP contribution in [0.3, 0.4) is 0 Å². The van der Waals surface area contributed by atoms with Gasteiger partial charge in [-0.2, -0.15) is 0 Å². The molecular formula is C42H82N4O6S2. The van der Waals surface area contributed by atoms with Crippen LogP contribution in [0.1, 0.15) is 213 Å². The van der Waals surface area contributed by atoms with Crippen molar-refractivity contribution in [2.45, 2.75) is 231 Å². The zero-order valence-electron chi connectivity index (χ0n) is 34.6. The van der Waals surface area contributed by atoms with Crippen molar-refractivity contribution >= 4 is 31.9 Å². The normalized spacial score (nSPS) is 21.4. The molecule has 2 unspecified atom stereocenters. The third-order valence-electron chi connectivity index (χ3n) is 11.5. The van der Waals surface area contributed by atoms with Crippen molar-refractivity contribution in [3.8, 4) is 0 Å². The van der Waals surface area contributed by atoms with Crippen molar-refractivity contribution < 1.29 is 26.4 Å². The van der Waals surface area contributed by atoms with Crippen LogP contribution in [0.2, 0.25) is 0 Å². The van der Waals surface area contributed by atoms with E-state index in [1.165, 1.54) is 116 Å². The van der Waals surface area contributed by atoms with E-state index < -0.39 is 44.1 Å². The predicted octanol–water partition coefficient (Wildman–Crippen LogP) is 8.94. The second kappa shape index (κ2) is 29.9. The maximum absolute atomic E-state index is 13.3. The van der Waals surface area contributed by atoms with Gasteiger partial charge in [0.1, 0.15) is 0 Å². The summed E-state index contributed by atoms with van der Waals surface area (Å²) >= 11 is 0. The minimum Gasteiger partial charge on any atom is -0.356 e. The molecule has 0 aromatic heterocycles. The predicted molar refractivity (Wildman–Crippen MR) is 224 cm³/mol. The highest BCUT2D eigenvalue weighted by molar-refractivity contribution is 7.89. The zero-order chi connectivity index (χ0) is 39.3. The molecular weight excluding hydrogens is 721 g/mol. The first-order valence-electron chi connectivity index (χ1n) is 22.6. The quantitative estimate of drug-likeness (QED) is 0.0487. The Bertz CT molecular complexity index is 1200. The van der Waals surface area contributed by atoms with Gasteiger partial charge in [0.2, 0.25) is 31.9 Å². The lowest BCUT2D eigenvalue weighted by atomic mass is 9.87. The maximum atomic E-state index is 13.3. The molecule has 318 valence electrons. The SMILES string of the molecule is CCCCCCCCCCCCCCCCS(=O)(=O)N[C@H]1CCC(C2C(=O)NCCC[C@@H]2NS(=O)(=O)CCCCCCCCCCCCCC)NC(=O)C1. The molecule has 2 fully saturated rings. The van der Waals surface area contributed by atoms with Crippen molar-refractivity contribution in [1.82, 2.24) is 20.1 Å². The van der Waals surface area contributed by atoms with Crippen molar-refractivity contribution in [2.75, 3.05) is 18.1 Å². The molecule has 0 spiro atoms. The van der Waals surface area contributed by atoms with Crippen LogP contribution in [-0.2, 0) is 29.6 Å². The average molecular weight is 803 g/mol. The van der Waals surface area contributed by atoms with Crippen LogP contribution in [0.25, 0.3) is 0 Å². The Labute approximate surface area is 332 Å². The van der Waals surface area contributed by atoms with Crippen molar-refractivity contribution in [3.63, 3.8) is 0 Å². The number of carbonyl (C=O) groups is 2. The standard InChI is InChI=1S/C42H82N4O6S2/c1-3-5-7-9-11-13-15-17-18-20-21-23-25-27-34-53(49,50)45-37-31-32-38(44-40(47)36-37)41-39(30-29-33-43-42(41)48)46-54(51,52)35-28-26-24-22-19-16-14-12-10-8-6-4-2/h37-39,41,45-46H,3-36H2,1-2H3,(H,43,48)(H,44,47)/t37-,38?,39-,41?/m0/s1. The fourth-order valence-corrected chi connectivity index (χ4v) is 11.1. The van der Waals surface area contributed by atoms with Crippen LogP contribution in [0.4, 0.5) is 0 Å². The van der Waals surface area contributed by atoms with E-state index in [-0.39, 0.29) is 29.7 Å². The lowest BCUT2D eigenvalue weighted by Crippen LogP contribution is -2.54. The number of hydrogen-bond donors (Lipinski definition) is 4. The fourth-order valence-electron chi connectivity index (χ4n) is 8.25.